The van der Waals surface area contributed by atoms with E-state index in [4.69, 9.17) is 5.26 Å². The van der Waals surface area contributed by atoms with Crippen LogP contribution in [0.15, 0.2) is 16.6 Å². The van der Waals surface area contributed by atoms with Crippen LogP contribution in [0.1, 0.15) is 17.2 Å². The number of phenolic OH excluding ortho intramolecular Hbond substituents is 1. The molecule has 0 unspecified atom stereocenters. The van der Waals surface area contributed by atoms with E-state index in [0.29, 0.717) is 30.7 Å². The van der Waals surface area contributed by atoms with Crippen LogP contribution in [0, 0.1) is 11.3 Å². The van der Waals surface area contributed by atoms with Crippen LogP contribution in [-0.4, -0.2) is 42.6 Å². The fourth-order valence-electron chi connectivity index (χ4n) is 2.38. The molecule has 1 aliphatic rings. The second-order valence-corrected chi connectivity index (χ2v) is 5.39. The Labute approximate surface area is 148 Å². The summed E-state index contributed by atoms with van der Waals surface area (Å²) in [6, 6.07) is 3.52. The Morgan fingerprint density at radius 2 is 1.86 bits per heavy atom. The zero-order chi connectivity index (χ0) is 14.7. The van der Waals surface area contributed by atoms with Crippen molar-refractivity contribution in [3.63, 3.8) is 0 Å². The zero-order valence-electron chi connectivity index (χ0n) is 11.4. The van der Waals surface area contributed by atoms with Crippen LogP contribution >= 0.6 is 40.7 Å². The number of piperazine rings is 1. The number of nitrogens with one attached hydrogen (secondary N) is 1. The van der Waals surface area contributed by atoms with E-state index < -0.39 is 12.5 Å². The van der Waals surface area contributed by atoms with Gasteiger partial charge in [0.25, 0.3) is 6.43 Å². The van der Waals surface area contributed by atoms with Crippen LogP contribution < -0.4 is 5.32 Å². The summed E-state index contributed by atoms with van der Waals surface area (Å²) in [5.74, 6) is -0.370. The predicted molar refractivity (Wildman–Crippen MR) is 88.2 cm³/mol. The highest BCUT2D eigenvalue weighted by molar-refractivity contribution is 9.10. The Morgan fingerprint density at radius 3 is 2.36 bits per heavy atom. The molecular weight excluding hydrogens is 403 g/mol. The lowest BCUT2D eigenvalue weighted by molar-refractivity contribution is 0.0166. The van der Waals surface area contributed by atoms with Crippen molar-refractivity contribution in [1.82, 2.24) is 10.2 Å². The first-order valence-electron chi connectivity index (χ1n) is 6.20. The van der Waals surface area contributed by atoms with Crippen molar-refractivity contribution in [2.75, 3.05) is 26.2 Å². The van der Waals surface area contributed by atoms with Crippen LogP contribution in [0.3, 0.4) is 0 Å². The predicted octanol–water partition coefficient (Wildman–Crippen LogP) is 3.08. The number of nitriles is 1. The summed E-state index contributed by atoms with van der Waals surface area (Å²) in [5, 5.41) is 22.1. The van der Waals surface area contributed by atoms with Gasteiger partial charge in [0.05, 0.1) is 5.56 Å². The maximum absolute atomic E-state index is 13.5. The Balaban J connectivity index is 0.00000220. The van der Waals surface area contributed by atoms with Crippen molar-refractivity contribution in [2.45, 2.75) is 12.5 Å². The molecule has 0 aromatic heterocycles. The molecule has 1 heterocycles. The van der Waals surface area contributed by atoms with Crippen molar-refractivity contribution < 1.29 is 13.9 Å². The molecule has 1 fully saturated rings. The molecule has 9 heteroatoms. The number of phenols is 1. The zero-order valence-corrected chi connectivity index (χ0v) is 14.6. The van der Waals surface area contributed by atoms with Gasteiger partial charge in [0.2, 0.25) is 0 Å². The number of hydrogen-bond acceptors (Lipinski definition) is 4. The Bertz CT molecular complexity index is 537. The molecule has 1 aromatic rings. The quantitative estimate of drug-likeness (QED) is 0.791. The first kappa shape index (κ1) is 21.4. The molecule has 1 atom stereocenters. The molecule has 1 saturated heterocycles. The summed E-state index contributed by atoms with van der Waals surface area (Å²) >= 11 is 3.20. The van der Waals surface area contributed by atoms with E-state index in [1.165, 1.54) is 12.1 Å². The number of nitrogens with zero attached hydrogens (tertiary/aromatic N) is 2. The average molecular weight is 419 g/mol. The van der Waals surface area contributed by atoms with E-state index in [9.17, 15) is 13.9 Å². The highest BCUT2D eigenvalue weighted by Crippen LogP contribution is 2.40. The second kappa shape index (κ2) is 9.48. The lowest BCUT2D eigenvalue weighted by Crippen LogP contribution is -2.47. The van der Waals surface area contributed by atoms with Crippen LogP contribution in [-0.2, 0) is 0 Å². The maximum atomic E-state index is 13.5. The number of benzene rings is 1. The van der Waals surface area contributed by atoms with Crippen molar-refractivity contribution in [3.05, 3.63) is 27.7 Å². The number of rotatable bonds is 3. The highest BCUT2D eigenvalue weighted by Gasteiger charge is 2.34. The molecule has 1 aromatic carbocycles. The first-order valence-corrected chi connectivity index (χ1v) is 7.00. The second-order valence-electron chi connectivity index (χ2n) is 4.53. The van der Waals surface area contributed by atoms with Gasteiger partial charge in [-0.2, -0.15) is 5.26 Å². The van der Waals surface area contributed by atoms with Crippen molar-refractivity contribution in [3.8, 4) is 11.8 Å². The molecule has 2 N–H and O–H groups in total. The van der Waals surface area contributed by atoms with Crippen LogP contribution in [0.2, 0.25) is 0 Å². The van der Waals surface area contributed by atoms with Gasteiger partial charge in [-0.25, -0.2) is 8.78 Å². The monoisotopic (exact) mass is 417 g/mol. The largest absolute Gasteiger partial charge is 0.506 e. The molecular formula is C13H16BrCl2F2N3O. The maximum Gasteiger partial charge on any atom is 0.258 e. The summed E-state index contributed by atoms with van der Waals surface area (Å²) in [6.07, 6.45) is -2.65. The van der Waals surface area contributed by atoms with E-state index in [1.807, 2.05) is 6.07 Å². The lowest BCUT2D eigenvalue weighted by atomic mass is 10.0. The minimum atomic E-state index is -2.65. The summed E-state index contributed by atoms with van der Waals surface area (Å²) in [7, 11) is 0. The van der Waals surface area contributed by atoms with Crippen LogP contribution in [0.5, 0.6) is 5.75 Å². The third-order valence-electron chi connectivity index (χ3n) is 3.36. The smallest absolute Gasteiger partial charge is 0.258 e. The van der Waals surface area contributed by atoms with Gasteiger partial charge in [-0.3, -0.25) is 4.90 Å². The molecule has 1 aliphatic heterocycles. The van der Waals surface area contributed by atoms with Crippen LogP contribution in [0.25, 0.3) is 0 Å². The number of halogens is 5. The number of aromatic hydroxyl groups is 1. The number of hydrogen-bond donors (Lipinski definition) is 2. The Kier molecular flexibility index (Phi) is 9.20. The van der Waals surface area contributed by atoms with Gasteiger partial charge >= 0.3 is 0 Å². The molecule has 0 amide bonds. The fraction of sp³-hybridized carbons (Fsp3) is 0.462. The van der Waals surface area contributed by atoms with Crippen molar-refractivity contribution in [1.29, 1.82) is 5.26 Å². The lowest BCUT2D eigenvalue weighted by Gasteiger charge is -2.35. The molecule has 0 bridgehead atoms. The van der Waals surface area contributed by atoms with E-state index in [1.54, 1.807) is 4.90 Å². The molecule has 0 saturated carbocycles. The minimum absolute atomic E-state index is 0. The van der Waals surface area contributed by atoms with Gasteiger partial charge < -0.3 is 10.4 Å². The molecule has 0 spiro atoms. The third kappa shape index (κ3) is 4.43. The standard InChI is InChI=1S/C13H14BrF2N3O.2ClH/c14-9-2-1-8(7-17)12(20)10(9)11(13(15)16)19-5-3-18-4-6-19;;/h1-2,11,13,18,20H,3-6H2;2*1H/t11-;;/m1../s1. The summed E-state index contributed by atoms with van der Waals surface area (Å²) in [6.45, 7) is 2.19. The van der Waals surface area contributed by atoms with Gasteiger partial charge in [-0.1, -0.05) is 15.9 Å². The Hall–Kier alpha value is -0.650. The number of alkyl halides is 2. The van der Waals surface area contributed by atoms with E-state index >= 15 is 0 Å². The van der Waals surface area contributed by atoms with Gasteiger partial charge in [0.15, 0.2) is 0 Å². The SMILES string of the molecule is Cl.Cl.N#Cc1ccc(Br)c([C@H](C(F)F)N2CCNCC2)c1O. The summed E-state index contributed by atoms with van der Waals surface area (Å²) < 4.78 is 27.4. The molecule has 0 radical (unpaired) electrons. The fourth-order valence-corrected chi connectivity index (χ4v) is 2.94. The van der Waals surface area contributed by atoms with E-state index in [0.717, 1.165) is 0 Å². The minimum Gasteiger partial charge on any atom is -0.506 e. The summed E-state index contributed by atoms with van der Waals surface area (Å²) in [4.78, 5) is 1.63. The third-order valence-corrected chi connectivity index (χ3v) is 4.06. The topological polar surface area (TPSA) is 59.3 Å². The van der Waals surface area contributed by atoms with Crippen molar-refractivity contribution >= 4 is 40.7 Å². The van der Waals surface area contributed by atoms with E-state index in [-0.39, 0.29) is 41.7 Å². The normalized spacial score (nSPS) is 16.3. The van der Waals surface area contributed by atoms with Gasteiger partial charge in [-0.15, -0.1) is 24.8 Å². The van der Waals surface area contributed by atoms with Gasteiger partial charge in [0, 0.05) is 36.2 Å². The molecule has 4 nitrogen and oxygen atoms in total. The van der Waals surface area contributed by atoms with E-state index in [2.05, 4.69) is 21.2 Å². The molecule has 22 heavy (non-hydrogen) atoms. The first-order chi connectivity index (χ1) is 9.56. The molecule has 0 aliphatic carbocycles. The Morgan fingerprint density at radius 1 is 1.27 bits per heavy atom. The highest BCUT2D eigenvalue weighted by atomic mass is 79.9. The summed E-state index contributed by atoms with van der Waals surface area (Å²) in [5.41, 5.74) is 0.0879. The van der Waals surface area contributed by atoms with Crippen molar-refractivity contribution in [2.24, 2.45) is 0 Å². The van der Waals surface area contributed by atoms with Crippen LogP contribution in [0.4, 0.5) is 8.78 Å². The molecule has 124 valence electrons. The van der Waals surface area contributed by atoms with Gasteiger partial charge in [0.1, 0.15) is 17.9 Å². The van der Waals surface area contributed by atoms with Gasteiger partial charge in [-0.05, 0) is 12.1 Å². The molecule has 2 rings (SSSR count). The average Bonchev–Trinajstić information content (AvgIpc) is 2.44.